The summed E-state index contributed by atoms with van der Waals surface area (Å²) in [5.74, 6) is -0.0507. The van der Waals surface area contributed by atoms with Crippen LogP contribution in [0.5, 0.6) is 0 Å². The predicted octanol–water partition coefficient (Wildman–Crippen LogP) is 15.9. The van der Waals surface area contributed by atoms with Crippen molar-refractivity contribution in [2.75, 3.05) is 13.2 Å². The summed E-state index contributed by atoms with van der Waals surface area (Å²) in [5, 5.41) is 0. The van der Waals surface area contributed by atoms with Crippen LogP contribution in [-0.4, -0.2) is 37.2 Å². The molecule has 1 atom stereocenters. The number of carbonyl (C=O) groups is 3. The van der Waals surface area contributed by atoms with Crippen LogP contribution < -0.4 is 0 Å². The largest absolute Gasteiger partial charge is 0.462 e. The summed E-state index contributed by atoms with van der Waals surface area (Å²) in [6, 6.07) is 0. The Hall–Kier alpha value is -1.59. The topological polar surface area (TPSA) is 78.9 Å². The molecule has 0 radical (unpaired) electrons. The third kappa shape index (κ3) is 43.5. The van der Waals surface area contributed by atoms with E-state index in [9.17, 15) is 14.4 Å². The first kappa shape index (κ1) is 54.4. The normalized spacial score (nSPS) is 11.9. The maximum Gasteiger partial charge on any atom is 0.306 e. The van der Waals surface area contributed by atoms with Crippen molar-refractivity contribution < 1.29 is 28.6 Å². The fourth-order valence-electron chi connectivity index (χ4n) is 7.51. The number of carbonyl (C=O) groups excluding carboxylic acids is 3. The second-order valence-electron chi connectivity index (χ2n) is 17.6. The molecule has 0 aliphatic rings. The van der Waals surface area contributed by atoms with Crippen LogP contribution in [0, 0.1) is 5.92 Å². The molecule has 0 heterocycles. The van der Waals surface area contributed by atoms with Crippen LogP contribution in [0.4, 0.5) is 0 Å². The van der Waals surface area contributed by atoms with Crippen molar-refractivity contribution in [3.63, 3.8) is 0 Å². The SMILES string of the molecule is CCCCCCCCCCCCCCCCCCCCCC(=O)OC[C@H](COC(=O)CCCCCCCCC)OC(=O)CCCCCCCCCCCC(C)C. The number of hydrogen-bond acceptors (Lipinski definition) is 6. The van der Waals surface area contributed by atoms with Crippen LogP contribution in [0.3, 0.4) is 0 Å². The molecule has 0 bridgehead atoms. The maximum atomic E-state index is 12.7. The van der Waals surface area contributed by atoms with Crippen molar-refractivity contribution in [3.05, 3.63) is 0 Å². The van der Waals surface area contributed by atoms with E-state index >= 15 is 0 Å². The molecule has 6 heteroatoms. The monoisotopic (exact) mass is 793 g/mol. The molecular weight excluding hydrogens is 697 g/mol. The van der Waals surface area contributed by atoms with Crippen LogP contribution in [0.1, 0.15) is 278 Å². The highest BCUT2D eigenvalue weighted by molar-refractivity contribution is 5.71. The molecule has 0 aromatic rings. The third-order valence-electron chi connectivity index (χ3n) is 11.3. The minimum Gasteiger partial charge on any atom is -0.462 e. The van der Waals surface area contributed by atoms with E-state index in [1.807, 2.05) is 0 Å². The van der Waals surface area contributed by atoms with Gasteiger partial charge in [0.2, 0.25) is 0 Å². The molecule has 0 aliphatic heterocycles. The van der Waals surface area contributed by atoms with Crippen molar-refractivity contribution >= 4 is 17.9 Å². The molecule has 0 aromatic carbocycles. The summed E-state index contributed by atoms with van der Waals surface area (Å²) in [5.41, 5.74) is 0. The molecule has 0 fully saturated rings. The van der Waals surface area contributed by atoms with E-state index in [4.69, 9.17) is 14.2 Å². The molecule has 0 unspecified atom stereocenters. The van der Waals surface area contributed by atoms with Crippen LogP contribution in [-0.2, 0) is 28.6 Å². The summed E-state index contributed by atoms with van der Waals surface area (Å²) in [4.78, 5) is 37.7. The summed E-state index contributed by atoms with van der Waals surface area (Å²) < 4.78 is 16.7. The number of ether oxygens (including phenoxy) is 3. The van der Waals surface area contributed by atoms with E-state index in [1.165, 1.54) is 173 Å². The van der Waals surface area contributed by atoms with Gasteiger partial charge in [0.25, 0.3) is 0 Å². The highest BCUT2D eigenvalue weighted by Gasteiger charge is 2.19. The number of rotatable bonds is 45. The Morgan fingerprint density at radius 2 is 0.589 bits per heavy atom. The zero-order chi connectivity index (χ0) is 41.0. The summed E-state index contributed by atoms with van der Waals surface area (Å²) >= 11 is 0. The smallest absolute Gasteiger partial charge is 0.306 e. The Balaban J connectivity index is 4.16. The van der Waals surface area contributed by atoms with Gasteiger partial charge in [-0.05, 0) is 25.2 Å². The second kappa shape index (κ2) is 44.5. The van der Waals surface area contributed by atoms with Gasteiger partial charge in [0.05, 0.1) is 0 Å². The molecule has 0 aliphatic carbocycles. The Morgan fingerprint density at radius 1 is 0.339 bits per heavy atom. The standard InChI is InChI=1S/C50H96O6/c1-5-7-9-11-13-14-15-16-17-18-19-20-21-22-23-26-30-34-38-42-49(52)55-45-47(44-54-48(51)41-37-33-28-12-10-8-6-2)56-50(53)43-39-35-31-27-24-25-29-32-36-40-46(3)4/h46-47H,5-45H2,1-4H3/t47-/m0/s1. The zero-order valence-electron chi connectivity index (χ0n) is 38.1. The van der Waals surface area contributed by atoms with Crippen molar-refractivity contribution in [1.29, 1.82) is 0 Å². The van der Waals surface area contributed by atoms with Crippen LogP contribution in [0.2, 0.25) is 0 Å². The van der Waals surface area contributed by atoms with E-state index < -0.39 is 6.10 Å². The Bertz CT molecular complexity index is 841. The van der Waals surface area contributed by atoms with E-state index in [2.05, 4.69) is 27.7 Å². The minimum absolute atomic E-state index is 0.0639. The maximum absolute atomic E-state index is 12.7. The van der Waals surface area contributed by atoms with Crippen molar-refractivity contribution in [3.8, 4) is 0 Å². The molecule has 0 aromatic heterocycles. The Morgan fingerprint density at radius 3 is 0.875 bits per heavy atom. The molecule has 0 saturated heterocycles. The lowest BCUT2D eigenvalue weighted by molar-refractivity contribution is -0.167. The van der Waals surface area contributed by atoms with Gasteiger partial charge in [-0.25, -0.2) is 0 Å². The molecule has 0 amide bonds. The van der Waals surface area contributed by atoms with E-state index in [-0.39, 0.29) is 31.1 Å². The highest BCUT2D eigenvalue weighted by Crippen LogP contribution is 2.17. The van der Waals surface area contributed by atoms with Gasteiger partial charge in [0.15, 0.2) is 6.10 Å². The van der Waals surface area contributed by atoms with Crippen LogP contribution in [0.15, 0.2) is 0 Å². The molecular formula is C50H96O6. The fourth-order valence-corrected chi connectivity index (χ4v) is 7.51. The lowest BCUT2D eigenvalue weighted by Gasteiger charge is -2.18. The van der Waals surface area contributed by atoms with E-state index in [0.29, 0.717) is 19.3 Å². The molecule has 0 saturated carbocycles. The summed E-state index contributed by atoms with van der Waals surface area (Å²) in [6.45, 7) is 8.96. The molecule has 332 valence electrons. The molecule has 0 N–H and O–H groups in total. The predicted molar refractivity (Wildman–Crippen MR) is 238 cm³/mol. The first-order chi connectivity index (χ1) is 27.4. The van der Waals surface area contributed by atoms with Gasteiger partial charge in [0, 0.05) is 19.3 Å². The van der Waals surface area contributed by atoms with Crippen molar-refractivity contribution in [1.82, 2.24) is 0 Å². The second-order valence-corrected chi connectivity index (χ2v) is 17.6. The van der Waals surface area contributed by atoms with Crippen LogP contribution >= 0.6 is 0 Å². The van der Waals surface area contributed by atoms with Gasteiger partial charge in [-0.2, -0.15) is 0 Å². The van der Waals surface area contributed by atoms with Gasteiger partial charge in [-0.1, -0.05) is 240 Å². The molecule has 0 rings (SSSR count). The first-order valence-electron chi connectivity index (χ1n) is 24.9. The van der Waals surface area contributed by atoms with Gasteiger partial charge in [-0.3, -0.25) is 14.4 Å². The average molecular weight is 793 g/mol. The lowest BCUT2D eigenvalue weighted by Crippen LogP contribution is -2.30. The van der Waals surface area contributed by atoms with Crippen molar-refractivity contribution in [2.24, 2.45) is 5.92 Å². The summed E-state index contributed by atoms with van der Waals surface area (Å²) in [7, 11) is 0. The third-order valence-corrected chi connectivity index (χ3v) is 11.3. The summed E-state index contributed by atoms with van der Waals surface area (Å²) in [6.07, 6.45) is 45.4. The molecule has 0 spiro atoms. The van der Waals surface area contributed by atoms with Gasteiger partial charge < -0.3 is 14.2 Å². The average Bonchev–Trinajstić information content (AvgIpc) is 3.18. The lowest BCUT2D eigenvalue weighted by atomic mass is 10.0. The van der Waals surface area contributed by atoms with Gasteiger partial charge in [0.1, 0.15) is 13.2 Å². The Labute approximate surface area is 348 Å². The van der Waals surface area contributed by atoms with Gasteiger partial charge >= 0.3 is 17.9 Å². The quantitative estimate of drug-likeness (QED) is 0.0347. The van der Waals surface area contributed by atoms with Crippen LogP contribution in [0.25, 0.3) is 0 Å². The van der Waals surface area contributed by atoms with Gasteiger partial charge in [-0.15, -0.1) is 0 Å². The van der Waals surface area contributed by atoms with Crippen molar-refractivity contribution in [2.45, 2.75) is 284 Å². The zero-order valence-corrected chi connectivity index (χ0v) is 38.1. The highest BCUT2D eigenvalue weighted by atomic mass is 16.6. The number of hydrogen-bond donors (Lipinski definition) is 0. The molecule has 6 nitrogen and oxygen atoms in total. The molecule has 56 heavy (non-hydrogen) atoms. The number of unbranched alkanes of at least 4 members (excludes halogenated alkanes) is 32. The van der Waals surface area contributed by atoms with E-state index in [1.54, 1.807) is 0 Å². The minimum atomic E-state index is -0.759. The van der Waals surface area contributed by atoms with E-state index in [0.717, 1.165) is 63.7 Å². The first-order valence-corrected chi connectivity index (χ1v) is 24.9. The Kier molecular flexibility index (Phi) is 43.2. The fraction of sp³-hybridized carbons (Fsp3) is 0.940. The number of esters is 3.